The van der Waals surface area contributed by atoms with Gasteiger partial charge in [0.15, 0.2) is 0 Å². The van der Waals surface area contributed by atoms with Crippen LogP contribution in [-0.4, -0.2) is 11.5 Å². The van der Waals surface area contributed by atoms with Gasteiger partial charge in [0.1, 0.15) is 0 Å². The fourth-order valence-corrected chi connectivity index (χ4v) is 1.59. The standard InChI is InChI=1S/C8H17S/c1-4-5-6-9-7-8(2)3/h8H,2,4-7H2,1,3H3. The maximum absolute atomic E-state index is 3.92. The fourth-order valence-electron chi connectivity index (χ4n) is 0.531. The Morgan fingerprint density at radius 2 is 2.22 bits per heavy atom. The molecule has 9 heavy (non-hydrogen) atoms. The van der Waals surface area contributed by atoms with Crippen LogP contribution in [0.15, 0.2) is 0 Å². The van der Waals surface area contributed by atoms with Crippen molar-refractivity contribution in [2.45, 2.75) is 26.7 Å². The molecular weight excluding hydrogens is 128 g/mol. The van der Waals surface area contributed by atoms with Crippen LogP contribution in [-0.2, 0) is 0 Å². The summed E-state index contributed by atoms with van der Waals surface area (Å²) in [7, 11) is 0. The van der Waals surface area contributed by atoms with Crippen molar-refractivity contribution in [2.75, 3.05) is 11.5 Å². The fraction of sp³-hybridized carbons (Fsp3) is 0.875. The minimum Gasteiger partial charge on any atom is -0.162 e. The van der Waals surface area contributed by atoms with Gasteiger partial charge in [0, 0.05) is 0 Å². The van der Waals surface area contributed by atoms with Crippen LogP contribution in [0, 0.1) is 12.8 Å². The summed E-state index contributed by atoms with van der Waals surface area (Å²) >= 11 is 2.02. The van der Waals surface area contributed by atoms with E-state index >= 15 is 0 Å². The lowest BCUT2D eigenvalue weighted by Crippen LogP contribution is -1.91. The maximum Gasteiger partial charge on any atom is -0.00418 e. The van der Waals surface area contributed by atoms with E-state index in [1.165, 1.54) is 24.3 Å². The van der Waals surface area contributed by atoms with Gasteiger partial charge in [-0.05, 0) is 30.8 Å². The molecule has 0 nitrogen and oxygen atoms in total. The van der Waals surface area contributed by atoms with Gasteiger partial charge in [-0.15, -0.1) is 0 Å². The summed E-state index contributed by atoms with van der Waals surface area (Å²) in [6.07, 6.45) is 2.68. The molecule has 0 amide bonds. The Labute approximate surface area is 63.4 Å². The largest absolute Gasteiger partial charge is 0.162 e. The third-order valence-corrected chi connectivity index (χ3v) is 2.43. The van der Waals surface area contributed by atoms with Crippen LogP contribution in [0.5, 0.6) is 0 Å². The van der Waals surface area contributed by atoms with Crippen LogP contribution in [0.1, 0.15) is 26.7 Å². The van der Waals surface area contributed by atoms with E-state index in [2.05, 4.69) is 20.8 Å². The maximum atomic E-state index is 3.92. The number of hydrogen-bond donors (Lipinski definition) is 0. The van der Waals surface area contributed by atoms with Crippen LogP contribution in [0.2, 0.25) is 0 Å². The molecule has 0 bridgehead atoms. The Kier molecular flexibility index (Phi) is 6.72. The van der Waals surface area contributed by atoms with Gasteiger partial charge < -0.3 is 0 Å². The topological polar surface area (TPSA) is 0 Å². The normalized spacial score (nSPS) is 10.7. The lowest BCUT2D eigenvalue weighted by Gasteiger charge is -2.01. The summed E-state index contributed by atoms with van der Waals surface area (Å²) in [6, 6.07) is 0. The zero-order valence-corrected chi connectivity index (χ0v) is 7.34. The first-order chi connectivity index (χ1) is 4.27. The molecule has 0 fully saturated rings. The van der Waals surface area contributed by atoms with Gasteiger partial charge in [0.25, 0.3) is 0 Å². The molecule has 0 rings (SSSR count). The average Bonchev–Trinajstić information content (AvgIpc) is 1.80. The molecule has 0 saturated heterocycles. The first-order valence-corrected chi connectivity index (χ1v) is 4.83. The highest BCUT2D eigenvalue weighted by Crippen LogP contribution is 2.08. The number of thioether (sulfide) groups is 1. The summed E-state index contributed by atoms with van der Waals surface area (Å²) in [5.74, 6) is 3.16. The SMILES string of the molecule is [CH2]C(C)CSCCCC. The summed E-state index contributed by atoms with van der Waals surface area (Å²) in [5, 5.41) is 0. The van der Waals surface area contributed by atoms with Crippen LogP contribution >= 0.6 is 11.8 Å². The van der Waals surface area contributed by atoms with Crippen LogP contribution in [0.3, 0.4) is 0 Å². The molecule has 1 atom stereocenters. The van der Waals surface area contributed by atoms with Crippen molar-refractivity contribution >= 4 is 11.8 Å². The summed E-state index contributed by atoms with van der Waals surface area (Å²) in [6.45, 7) is 8.31. The quantitative estimate of drug-likeness (QED) is 0.536. The first-order valence-electron chi connectivity index (χ1n) is 3.68. The van der Waals surface area contributed by atoms with Crippen molar-refractivity contribution in [3.8, 4) is 0 Å². The summed E-state index contributed by atoms with van der Waals surface area (Å²) < 4.78 is 0. The molecule has 0 aliphatic heterocycles. The lowest BCUT2D eigenvalue weighted by atomic mass is 10.3. The Balaban J connectivity index is 2.75. The minimum absolute atomic E-state index is 0.617. The van der Waals surface area contributed by atoms with Gasteiger partial charge in [-0.25, -0.2) is 0 Å². The van der Waals surface area contributed by atoms with Gasteiger partial charge in [0.05, 0.1) is 0 Å². The van der Waals surface area contributed by atoms with E-state index < -0.39 is 0 Å². The van der Waals surface area contributed by atoms with E-state index in [0.717, 1.165) is 0 Å². The van der Waals surface area contributed by atoms with Crippen LogP contribution in [0.4, 0.5) is 0 Å². The molecule has 1 heteroatoms. The molecule has 0 heterocycles. The molecule has 55 valence electrons. The molecule has 1 radical (unpaired) electrons. The van der Waals surface area contributed by atoms with Gasteiger partial charge in [0.2, 0.25) is 0 Å². The van der Waals surface area contributed by atoms with Crippen molar-refractivity contribution in [3.63, 3.8) is 0 Å². The van der Waals surface area contributed by atoms with Crippen molar-refractivity contribution < 1.29 is 0 Å². The second-order valence-electron chi connectivity index (χ2n) is 2.53. The summed E-state index contributed by atoms with van der Waals surface area (Å²) in [5.41, 5.74) is 0. The van der Waals surface area contributed by atoms with E-state index in [9.17, 15) is 0 Å². The lowest BCUT2D eigenvalue weighted by molar-refractivity contribution is 0.836. The van der Waals surface area contributed by atoms with Crippen LogP contribution < -0.4 is 0 Å². The molecule has 0 spiro atoms. The third kappa shape index (κ3) is 8.35. The van der Waals surface area contributed by atoms with E-state index in [0.29, 0.717) is 5.92 Å². The molecule has 0 N–H and O–H groups in total. The predicted molar refractivity (Wildman–Crippen MR) is 46.8 cm³/mol. The molecular formula is C8H17S. The van der Waals surface area contributed by atoms with Gasteiger partial charge in [-0.2, -0.15) is 11.8 Å². The monoisotopic (exact) mass is 145 g/mol. The van der Waals surface area contributed by atoms with E-state index in [1.807, 2.05) is 11.8 Å². The first kappa shape index (κ1) is 9.35. The Morgan fingerprint density at radius 1 is 1.56 bits per heavy atom. The van der Waals surface area contributed by atoms with Gasteiger partial charge in [-0.1, -0.05) is 20.3 Å². The highest BCUT2D eigenvalue weighted by molar-refractivity contribution is 7.99. The molecule has 0 aliphatic carbocycles. The number of rotatable bonds is 5. The van der Waals surface area contributed by atoms with Crippen molar-refractivity contribution in [1.82, 2.24) is 0 Å². The van der Waals surface area contributed by atoms with Gasteiger partial charge >= 0.3 is 0 Å². The Bertz CT molecular complexity index is 50.5. The Morgan fingerprint density at radius 3 is 2.67 bits per heavy atom. The Hall–Kier alpha value is 0.350. The van der Waals surface area contributed by atoms with Crippen molar-refractivity contribution in [1.29, 1.82) is 0 Å². The highest BCUT2D eigenvalue weighted by atomic mass is 32.2. The molecule has 0 aromatic carbocycles. The number of unbranched alkanes of at least 4 members (excludes halogenated alkanes) is 1. The zero-order chi connectivity index (χ0) is 7.11. The highest BCUT2D eigenvalue weighted by Gasteiger charge is 1.92. The van der Waals surface area contributed by atoms with Crippen LogP contribution in [0.25, 0.3) is 0 Å². The minimum atomic E-state index is 0.617. The average molecular weight is 145 g/mol. The van der Waals surface area contributed by atoms with Crippen molar-refractivity contribution in [3.05, 3.63) is 6.92 Å². The van der Waals surface area contributed by atoms with Gasteiger partial charge in [-0.3, -0.25) is 0 Å². The third-order valence-electron chi connectivity index (χ3n) is 1.04. The molecule has 0 aromatic rings. The second kappa shape index (κ2) is 6.47. The van der Waals surface area contributed by atoms with E-state index in [4.69, 9.17) is 0 Å². The predicted octanol–water partition coefficient (Wildman–Crippen LogP) is 2.99. The smallest absolute Gasteiger partial charge is 0.00418 e. The number of hydrogen-bond acceptors (Lipinski definition) is 1. The molecule has 1 unspecified atom stereocenters. The zero-order valence-electron chi connectivity index (χ0n) is 6.52. The van der Waals surface area contributed by atoms with E-state index in [-0.39, 0.29) is 0 Å². The summed E-state index contributed by atoms with van der Waals surface area (Å²) in [4.78, 5) is 0. The van der Waals surface area contributed by atoms with E-state index in [1.54, 1.807) is 0 Å². The van der Waals surface area contributed by atoms with Crippen molar-refractivity contribution in [2.24, 2.45) is 5.92 Å². The molecule has 0 aliphatic rings. The second-order valence-corrected chi connectivity index (χ2v) is 3.68. The molecule has 0 saturated carbocycles. The molecule has 0 aromatic heterocycles.